The predicted molar refractivity (Wildman–Crippen MR) is 44.9 cm³/mol. The highest BCUT2D eigenvalue weighted by Crippen LogP contribution is 2.19. The second-order valence-corrected chi connectivity index (χ2v) is 2.58. The zero-order chi connectivity index (χ0) is 11.4. The molecule has 4 nitrogen and oxygen atoms in total. The highest BCUT2D eigenvalue weighted by Gasteiger charge is 2.19. The van der Waals surface area contributed by atoms with E-state index in [0.29, 0.717) is 6.29 Å². The third-order valence-corrected chi connectivity index (χ3v) is 1.52. The van der Waals surface area contributed by atoms with Gasteiger partial charge in [-0.1, -0.05) is 0 Å². The van der Waals surface area contributed by atoms with Crippen molar-refractivity contribution < 1.29 is 28.2 Å². The molecule has 1 N–H and O–H groups in total. The molecule has 0 saturated heterocycles. The minimum atomic E-state index is -2.64. The Morgan fingerprint density at radius 1 is 1.53 bits per heavy atom. The number of ether oxygens (including phenoxy) is 1. The molecule has 0 amide bonds. The van der Waals surface area contributed by atoms with E-state index in [1.165, 1.54) is 6.07 Å². The largest absolute Gasteiger partial charge is 0.476 e. The predicted octanol–water partition coefficient (Wildman–Crippen LogP) is 1.40. The molecular formula is C9H6F2O4. The molecule has 0 aliphatic heterocycles. The molecule has 1 rings (SSSR count). The lowest BCUT2D eigenvalue weighted by Gasteiger charge is -2.07. The Hall–Kier alpha value is -1.98. The van der Waals surface area contributed by atoms with Crippen molar-refractivity contribution in [3.63, 3.8) is 0 Å². The van der Waals surface area contributed by atoms with Gasteiger partial charge in [0.15, 0.2) is 11.6 Å². The summed E-state index contributed by atoms with van der Waals surface area (Å²) in [5.41, 5.74) is 0.0468. The number of aliphatic carboxylic acids is 1. The smallest absolute Gasteiger partial charge is 0.378 e. The summed E-state index contributed by atoms with van der Waals surface area (Å²) in [6.07, 6.45) is -2.24. The van der Waals surface area contributed by atoms with E-state index in [0.717, 1.165) is 12.1 Å². The van der Waals surface area contributed by atoms with Crippen molar-refractivity contribution in [2.24, 2.45) is 0 Å². The van der Waals surface area contributed by atoms with Crippen molar-refractivity contribution in [3.05, 3.63) is 29.6 Å². The summed E-state index contributed by atoms with van der Waals surface area (Å²) < 4.78 is 29.7. The van der Waals surface area contributed by atoms with E-state index in [1.54, 1.807) is 0 Å². The number of carboxylic acid groups (broad SMARTS) is 1. The summed E-state index contributed by atoms with van der Waals surface area (Å²) in [6.45, 7) is 0. The van der Waals surface area contributed by atoms with Crippen LogP contribution in [0.4, 0.5) is 8.78 Å². The molecule has 1 aromatic carbocycles. The van der Waals surface area contributed by atoms with Gasteiger partial charge in [0.1, 0.15) is 6.29 Å². The number of carbonyl (C=O) groups is 2. The van der Waals surface area contributed by atoms with Gasteiger partial charge < -0.3 is 9.84 Å². The van der Waals surface area contributed by atoms with Crippen LogP contribution in [0, 0.1) is 5.82 Å². The lowest BCUT2D eigenvalue weighted by atomic mass is 10.2. The molecule has 1 aromatic rings. The Kier molecular flexibility index (Phi) is 3.33. The van der Waals surface area contributed by atoms with E-state index >= 15 is 0 Å². The zero-order valence-electron chi connectivity index (χ0n) is 7.31. The molecule has 15 heavy (non-hydrogen) atoms. The van der Waals surface area contributed by atoms with Crippen LogP contribution in [0.2, 0.25) is 0 Å². The Morgan fingerprint density at radius 3 is 2.67 bits per heavy atom. The van der Waals surface area contributed by atoms with Gasteiger partial charge in [-0.25, -0.2) is 9.18 Å². The second kappa shape index (κ2) is 4.50. The molecule has 80 valence electrons. The van der Waals surface area contributed by atoms with E-state index < -0.39 is 23.9 Å². The average molecular weight is 216 g/mol. The van der Waals surface area contributed by atoms with Gasteiger partial charge in [-0.15, -0.1) is 0 Å². The van der Waals surface area contributed by atoms with E-state index in [1.807, 2.05) is 0 Å². The van der Waals surface area contributed by atoms with Crippen LogP contribution in [0.3, 0.4) is 0 Å². The van der Waals surface area contributed by atoms with Crippen molar-refractivity contribution in [1.82, 2.24) is 0 Å². The number of halogens is 2. The number of hydrogen-bond acceptors (Lipinski definition) is 3. The zero-order valence-corrected chi connectivity index (χ0v) is 7.31. The number of rotatable bonds is 4. The van der Waals surface area contributed by atoms with E-state index in [-0.39, 0.29) is 5.56 Å². The summed E-state index contributed by atoms with van der Waals surface area (Å²) in [5.74, 6) is -3.41. The van der Waals surface area contributed by atoms with Crippen molar-refractivity contribution in [3.8, 4) is 5.75 Å². The van der Waals surface area contributed by atoms with Crippen LogP contribution < -0.4 is 4.74 Å². The van der Waals surface area contributed by atoms with Crippen molar-refractivity contribution in [2.75, 3.05) is 0 Å². The van der Waals surface area contributed by atoms with Crippen molar-refractivity contribution in [2.45, 2.75) is 6.36 Å². The Balaban J connectivity index is 2.87. The highest BCUT2D eigenvalue weighted by molar-refractivity contribution is 5.75. The molecule has 0 radical (unpaired) electrons. The van der Waals surface area contributed by atoms with Gasteiger partial charge in [-0.3, -0.25) is 4.79 Å². The minimum absolute atomic E-state index is 0.0468. The molecule has 0 fully saturated rings. The lowest BCUT2D eigenvalue weighted by Crippen LogP contribution is -2.21. The van der Waals surface area contributed by atoms with Crippen LogP contribution in [-0.2, 0) is 4.79 Å². The first-order valence-electron chi connectivity index (χ1n) is 3.83. The number of alkyl halides is 1. The highest BCUT2D eigenvalue weighted by atomic mass is 19.1. The Bertz CT molecular complexity index is 392. The van der Waals surface area contributed by atoms with Crippen LogP contribution in [0.1, 0.15) is 10.4 Å². The molecule has 6 heteroatoms. The molecule has 0 saturated carbocycles. The third-order valence-electron chi connectivity index (χ3n) is 1.52. The van der Waals surface area contributed by atoms with Crippen LogP contribution in [0.25, 0.3) is 0 Å². The van der Waals surface area contributed by atoms with Crippen LogP contribution in [0.15, 0.2) is 18.2 Å². The number of aldehydes is 1. The average Bonchev–Trinajstić information content (AvgIpc) is 2.20. The van der Waals surface area contributed by atoms with Crippen LogP contribution in [0.5, 0.6) is 5.75 Å². The molecule has 1 atom stereocenters. The molecule has 1 unspecified atom stereocenters. The maximum Gasteiger partial charge on any atom is 0.378 e. The van der Waals surface area contributed by atoms with Crippen molar-refractivity contribution >= 4 is 12.3 Å². The summed E-state index contributed by atoms with van der Waals surface area (Å²) >= 11 is 0. The molecule has 0 bridgehead atoms. The topological polar surface area (TPSA) is 63.6 Å². The number of carboxylic acids is 1. The first kappa shape index (κ1) is 11.1. The van der Waals surface area contributed by atoms with Gasteiger partial charge >= 0.3 is 12.3 Å². The van der Waals surface area contributed by atoms with Crippen molar-refractivity contribution in [1.29, 1.82) is 0 Å². The monoisotopic (exact) mass is 216 g/mol. The third kappa shape index (κ3) is 2.73. The van der Waals surface area contributed by atoms with Gasteiger partial charge in [0, 0.05) is 5.56 Å². The lowest BCUT2D eigenvalue weighted by molar-refractivity contribution is -0.153. The molecule has 0 aliphatic carbocycles. The summed E-state index contributed by atoms with van der Waals surface area (Å²) in [6, 6.07) is 2.98. The van der Waals surface area contributed by atoms with Crippen LogP contribution in [-0.4, -0.2) is 23.7 Å². The normalized spacial score (nSPS) is 11.9. The van der Waals surface area contributed by atoms with Gasteiger partial charge in [0.25, 0.3) is 0 Å². The van der Waals surface area contributed by atoms with E-state index in [4.69, 9.17) is 5.11 Å². The van der Waals surface area contributed by atoms with Gasteiger partial charge in [0.05, 0.1) is 0 Å². The molecular weight excluding hydrogens is 210 g/mol. The Morgan fingerprint density at radius 2 is 2.20 bits per heavy atom. The summed E-state index contributed by atoms with van der Waals surface area (Å²) in [5, 5.41) is 8.16. The van der Waals surface area contributed by atoms with Gasteiger partial charge in [-0.05, 0) is 18.2 Å². The summed E-state index contributed by atoms with van der Waals surface area (Å²) in [4.78, 5) is 20.3. The maximum atomic E-state index is 13.0. The molecule has 0 heterocycles. The SMILES string of the molecule is O=Cc1ccc(OC(F)C(=O)O)c(F)c1. The quantitative estimate of drug-likeness (QED) is 0.772. The van der Waals surface area contributed by atoms with Crippen LogP contribution >= 0.6 is 0 Å². The second-order valence-electron chi connectivity index (χ2n) is 2.58. The molecule has 0 aliphatic rings. The van der Waals surface area contributed by atoms with E-state index in [2.05, 4.69) is 4.74 Å². The summed E-state index contributed by atoms with van der Waals surface area (Å²) in [7, 11) is 0. The number of hydrogen-bond donors (Lipinski definition) is 1. The van der Waals surface area contributed by atoms with Gasteiger partial charge in [-0.2, -0.15) is 4.39 Å². The first-order valence-corrected chi connectivity index (χ1v) is 3.83. The van der Waals surface area contributed by atoms with E-state index in [9.17, 15) is 18.4 Å². The van der Waals surface area contributed by atoms with Gasteiger partial charge in [0.2, 0.25) is 0 Å². The number of carbonyl (C=O) groups excluding carboxylic acids is 1. The fraction of sp³-hybridized carbons (Fsp3) is 0.111. The molecule has 0 spiro atoms. The minimum Gasteiger partial charge on any atom is -0.476 e. The molecule has 0 aromatic heterocycles. The number of benzene rings is 1. The fourth-order valence-corrected chi connectivity index (χ4v) is 0.848. The fourth-order valence-electron chi connectivity index (χ4n) is 0.848. The first-order chi connectivity index (χ1) is 7.04. The maximum absolute atomic E-state index is 13.0. The Labute approximate surface area is 83.1 Å². The standard InChI is InChI=1S/C9H6F2O4/c10-6-3-5(4-12)1-2-7(6)15-8(11)9(13)14/h1-4,8H,(H,13,14).